The summed E-state index contributed by atoms with van der Waals surface area (Å²) < 4.78 is 5.58. The number of nitrogens with two attached hydrogens (primary N) is 1. The Labute approximate surface area is 141 Å². The van der Waals surface area contributed by atoms with Gasteiger partial charge in [-0.1, -0.05) is 6.92 Å². The highest BCUT2D eigenvalue weighted by Gasteiger charge is 2.30. The average molecular weight is 356 g/mol. The predicted octanol–water partition coefficient (Wildman–Crippen LogP) is 2.23. The molecule has 0 aromatic carbocycles. The highest BCUT2D eigenvalue weighted by Crippen LogP contribution is 2.21. The second-order valence-electron chi connectivity index (χ2n) is 4.81. The van der Waals surface area contributed by atoms with Crippen molar-refractivity contribution >= 4 is 42.1 Å². The molecule has 0 spiro atoms. The summed E-state index contributed by atoms with van der Waals surface area (Å²) >= 11 is 1.63. The van der Waals surface area contributed by atoms with Gasteiger partial charge in [0.05, 0.1) is 22.8 Å². The van der Waals surface area contributed by atoms with Crippen molar-refractivity contribution in [3.63, 3.8) is 0 Å². The number of rotatable bonds is 5. The number of aryl methyl sites for hydroxylation is 1. The minimum Gasteiger partial charge on any atom is -0.364 e. The summed E-state index contributed by atoms with van der Waals surface area (Å²) in [5, 5.41) is 6.06. The zero-order valence-corrected chi connectivity index (χ0v) is 14.7. The van der Waals surface area contributed by atoms with Crippen LogP contribution in [0.2, 0.25) is 0 Å². The highest BCUT2D eigenvalue weighted by molar-refractivity contribution is 7.09. The summed E-state index contributed by atoms with van der Waals surface area (Å²) in [6.45, 7) is 4.50. The zero-order valence-electron chi connectivity index (χ0n) is 12.2. The molecule has 21 heavy (non-hydrogen) atoms. The number of hydrogen-bond acceptors (Lipinski definition) is 5. The third-order valence-electron chi connectivity index (χ3n) is 3.34. The number of carbonyl (C=O) groups is 1. The smallest absolute Gasteiger partial charge is 0.249 e. The third kappa shape index (κ3) is 5.38. The van der Waals surface area contributed by atoms with Gasteiger partial charge in [-0.3, -0.25) is 4.79 Å². The van der Waals surface area contributed by atoms with E-state index in [1.54, 1.807) is 11.3 Å². The van der Waals surface area contributed by atoms with Crippen molar-refractivity contribution in [2.75, 3.05) is 6.54 Å². The Hall–Kier alpha value is -0.400. The van der Waals surface area contributed by atoms with E-state index in [1.165, 1.54) is 0 Å². The molecule has 122 valence electrons. The lowest BCUT2D eigenvalue weighted by molar-refractivity contribution is -0.132. The van der Waals surface area contributed by atoms with Gasteiger partial charge in [0.15, 0.2) is 0 Å². The summed E-state index contributed by atoms with van der Waals surface area (Å²) in [5.74, 6) is -0.0606. The molecule has 2 heterocycles. The van der Waals surface area contributed by atoms with Crippen molar-refractivity contribution in [2.24, 2.45) is 5.73 Å². The number of halogens is 2. The molecule has 5 nitrogen and oxygen atoms in total. The number of carbonyl (C=O) groups excluding carboxylic acids is 1. The number of hydrogen-bond donors (Lipinski definition) is 2. The fourth-order valence-corrected chi connectivity index (χ4v) is 2.98. The van der Waals surface area contributed by atoms with Gasteiger partial charge in [0.2, 0.25) is 5.91 Å². The molecule has 0 saturated carbocycles. The highest BCUT2D eigenvalue weighted by atomic mass is 35.5. The maximum absolute atomic E-state index is 12.1. The lowest BCUT2D eigenvalue weighted by Crippen LogP contribution is -2.37. The van der Waals surface area contributed by atoms with Gasteiger partial charge < -0.3 is 15.8 Å². The topological polar surface area (TPSA) is 77.2 Å². The van der Waals surface area contributed by atoms with Crippen LogP contribution >= 0.6 is 36.2 Å². The second kappa shape index (κ2) is 9.58. The van der Waals surface area contributed by atoms with E-state index in [1.807, 2.05) is 12.3 Å². The van der Waals surface area contributed by atoms with Crippen LogP contribution in [-0.2, 0) is 16.0 Å². The van der Waals surface area contributed by atoms with Crippen molar-refractivity contribution in [3.05, 3.63) is 16.1 Å². The van der Waals surface area contributed by atoms with Crippen LogP contribution in [0, 0.1) is 0 Å². The van der Waals surface area contributed by atoms with Crippen LogP contribution in [0.5, 0.6) is 0 Å². The number of nitrogens with zero attached hydrogens (tertiary/aromatic N) is 1. The van der Waals surface area contributed by atoms with Crippen molar-refractivity contribution in [3.8, 4) is 0 Å². The van der Waals surface area contributed by atoms with Crippen molar-refractivity contribution < 1.29 is 9.53 Å². The van der Waals surface area contributed by atoms with E-state index >= 15 is 0 Å². The van der Waals surface area contributed by atoms with Crippen molar-refractivity contribution in [2.45, 2.75) is 51.4 Å². The summed E-state index contributed by atoms with van der Waals surface area (Å²) in [6, 6.07) is -0.0791. The van der Waals surface area contributed by atoms with E-state index < -0.39 is 0 Å². The summed E-state index contributed by atoms with van der Waals surface area (Å²) in [6.07, 6.45) is 2.20. The molecular formula is C13H23Cl2N3O2S. The first-order valence-corrected chi connectivity index (χ1v) is 7.62. The molecule has 3 atom stereocenters. The fourth-order valence-electron chi connectivity index (χ4n) is 2.14. The van der Waals surface area contributed by atoms with E-state index in [-0.39, 0.29) is 49.0 Å². The van der Waals surface area contributed by atoms with Gasteiger partial charge in [-0.05, 0) is 26.2 Å². The van der Waals surface area contributed by atoms with Crippen LogP contribution < -0.4 is 11.1 Å². The molecule has 1 aromatic rings. The van der Waals surface area contributed by atoms with Crippen LogP contribution in [0.15, 0.2) is 5.38 Å². The summed E-state index contributed by atoms with van der Waals surface area (Å²) in [7, 11) is 0. The molecule has 1 amide bonds. The van der Waals surface area contributed by atoms with E-state index in [0.717, 1.165) is 30.0 Å². The number of aromatic nitrogens is 1. The normalized spacial score (nSPS) is 22.0. The molecule has 3 N–H and O–H groups in total. The number of ether oxygens (including phenoxy) is 1. The van der Waals surface area contributed by atoms with Crippen molar-refractivity contribution in [1.29, 1.82) is 0 Å². The molecular weight excluding hydrogens is 333 g/mol. The number of amides is 1. The van der Waals surface area contributed by atoms with Gasteiger partial charge >= 0.3 is 0 Å². The van der Waals surface area contributed by atoms with Crippen molar-refractivity contribution in [1.82, 2.24) is 10.3 Å². The lowest BCUT2D eigenvalue weighted by Gasteiger charge is -2.16. The Morgan fingerprint density at radius 3 is 2.81 bits per heavy atom. The van der Waals surface area contributed by atoms with E-state index in [9.17, 15) is 4.79 Å². The number of thiazole rings is 1. The number of nitrogens with one attached hydrogen (secondary N) is 1. The molecule has 1 unspecified atom stereocenters. The first kappa shape index (κ1) is 20.6. The minimum absolute atomic E-state index is 0. The monoisotopic (exact) mass is 355 g/mol. The Bertz CT molecular complexity index is 445. The maximum Gasteiger partial charge on any atom is 0.249 e. The first-order chi connectivity index (χ1) is 9.13. The fraction of sp³-hybridized carbons (Fsp3) is 0.692. The summed E-state index contributed by atoms with van der Waals surface area (Å²) in [5.41, 5.74) is 6.46. The molecule has 1 aromatic heterocycles. The Balaban J connectivity index is 0.00000200. The summed E-state index contributed by atoms with van der Waals surface area (Å²) in [4.78, 5) is 16.5. The molecule has 1 fully saturated rings. The van der Waals surface area contributed by atoms with Crippen LogP contribution in [0.4, 0.5) is 0 Å². The van der Waals surface area contributed by atoms with Gasteiger partial charge in [0.25, 0.3) is 0 Å². The Kier molecular flexibility index (Phi) is 9.40. The molecule has 0 radical (unpaired) electrons. The minimum atomic E-state index is -0.361. The van der Waals surface area contributed by atoms with E-state index in [4.69, 9.17) is 10.5 Å². The zero-order chi connectivity index (χ0) is 13.8. The quantitative estimate of drug-likeness (QED) is 0.848. The molecule has 1 aliphatic heterocycles. The second-order valence-corrected chi connectivity index (χ2v) is 5.75. The van der Waals surface area contributed by atoms with E-state index in [2.05, 4.69) is 17.2 Å². The van der Waals surface area contributed by atoms with Gasteiger partial charge in [-0.15, -0.1) is 36.2 Å². The van der Waals surface area contributed by atoms with E-state index in [0.29, 0.717) is 6.54 Å². The maximum atomic E-state index is 12.1. The van der Waals surface area contributed by atoms with Crippen LogP contribution in [-0.4, -0.2) is 29.6 Å². The average Bonchev–Trinajstić information content (AvgIpc) is 3.07. The van der Waals surface area contributed by atoms with Gasteiger partial charge in [0, 0.05) is 11.9 Å². The lowest BCUT2D eigenvalue weighted by atomic mass is 10.1. The predicted molar refractivity (Wildman–Crippen MR) is 89.5 cm³/mol. The van der Waals surface area contributed by atoms with Gasteiger partial charge in [0.1, 0.15) is 6.10 Å². The SMILES string of the molecule is CCc1nc(C(C)NC(=O)[C@@H]2CC[C@H](CN)O2)cs1.Cl.Cl. The molecule has 1 aliphatic rings. The van der Waals surface area contributed by atoms with Crippen LogP contribution in [0.25, 0.3) is 0 Å². The molecule has 1 saturated heterocycles. The van der Waals surface area contributed by atoms with Crippen LogP contribution in [0.3, 0.4) is 0 Å². The van der Waals surface area contributed by atoms with Gasteiger partial charge in [-0.2, -0.15) is 0 Å². The Morgan fingerprint density at radius 2 is 2.29 bits per heavy atom. The molecule has 0 aliphatic carbocycles. The largest absolute Gasteiger partial charge is 0.364 e. The molecule has 8 heteroatoms. The standard InChI is InChI=1S/C13H21N3O2S.2ClH/c1-3-12-16-10(7-19-12)8(2)15-13(17)11-5-4-9(6-14)18-11;;/h7-9,11H,3-6,14H2,1-2H3,(H,15,17);2*1H/t8?,9-,11+;;/m1../s1. The molecule has 2 rings (SSSR count). The molecule has 0 bridgehead atoms. The first-order valence-electron chi connectivity index (χ1n) is 6.74. The third-order valence-corrected chi connectivity index (χ3v) is 4.35. The Morgan fingerprint density at radius 1 is 1.57 bits per heavy atom. The van der Waals surface area contributed by atoms with Crippen LogP contribution in [0.1, 0.15) is 43.4 Å². The van der Waals surface area contributed by atoms with Gasteiger partial charge in [-0.25, -0.2) is 4.98 Å².